The number of benzene rings is 1. The summed E-state index contributed by atoms with van der Waals surface area (Å²) in [6.45, 7) is 8.28. The zero-order chi connectivity index (χ0) is 15.8. The van der Waals surface area contributed by atoms with Gasteiger partial charge in [-0.3, -0.25) is 4.79 Å². The summed E-state index contributed by atoms with van der Waals surface area (Å²) >= 11 is 0. The van der Waals surface area contributed by atoms with Crippen LogP contribution in [0.3, 0.4) is 0 Å². The van der Waals surface area contributed by atoms with Crippen molar-refractivity contribution in [2.45, 2.75) is 46.6 Å². The maximum atomic E-state index is 12.4. The van der Waals surface area contributed by atoms with Gasteiger partial charge in [0.15, 0.2) is 0 Å². The number of rotatable bonds is 5. The van der Waals surface area contributed by atoms with Crippen LogP contribution in [0.1, 0.15) is 55.1 Å². The van der Waals surface area contributed by atoms with Crippen LogP contribution in [0, 0.1) is 24.7 Å². The number of hydrogen-bond donors (Lipinski definition) is 2. The Morgan fingerprint density at radius 2 is 2.10 bits per heavy atom. The summed E-state index contributed by atoms with van der Waals surface area (Å²) in [6.07, 6.45) is 1.36. The first-order valence-corrected chi connectivity index (χ1v) is 7.50. The van der Waals surface area contributed by atoms with Gasteiger partial charge in [-0.1, -0.05) is 38.7 Å². The van der Waals surface area contributed by atoms with E-state index >= 15 is 0 Å². The van der Waals surface area contributed by atoms with E-state index in [1.165, 1.54) is 0 Å². The third-order valence-electron chi connectivity index (χ3n) is 3.51. The highest BCUT2D eigenvalue weighted by atomic mass is 16.2. The molecular formula is C18H25NO2. The lowest BCUT2D eigenvalue weighted by atomic mass is 9.99. The van der Waals surface area contributed by atoms with Gasteiger partial charge in [-0.05, 0) is 37.0 Å². The lowest BCUT2D eigenvalue weighted by molar-refractivity contribution is 0.0924. The monoisotopic (exact) mass is 287 g/mol. The smallest absolute Gasteiger partial charge is 0.251 e. The van der Waals surface area contributed by atoms with Gasteiger partial charge < -0.3 is 10.4 Å². The number of carbonyl (C=O) groups is 1. The molecule has 0 radical (unpaired) electrons. The molecule has 0 saturated carbocycles. The van der Waals surface area contributed by atoms with Crippen LogP contribution in [-0.2, 0) is 0 Å². The minimum absolute atomic E-state index is 0.0427. The van der Waals surface area contributed by atoms with Gasteiger partial charge in [-0.25, -0.2) is 0 Å². The molecule has 1 aromatic carbocycles. The minimum Gasteiger partial charge on any atom is -0.395 e. The first-order chi connectivity index (χ1) is 9.99. The van der Waals surface area contributed by atoms with E-state index in [1.54, 1.807) is 0 Å². The molecule has 0 heterocycles. The van der Waals surface area contributed by atoms with Crippen molar-refractivity contribution in [2.24, 2.45) is 5.92 Å². The Labute approximate surface area is 127 Å². The van der Waals surface area contributed by atoms with E-state index in [9.17, 15) is 4.79 Å². The van der Waals surface area contributed by atoms with Gasteiger partial charge in [0, 0.05) is 23.6 Å². The molecule has 1 unspecified atom stereocenters. The molecule has 3 nitrogen and oxygen atoms in total. The number of carbonyl (C=O) groups excluding carboxylic acids is 1. The van der Waals surface area contributed by atoms with E-state index < -0.39 is 0 Å². The molecule has 0 spiro atoms. The zero-order valence-corrected chi connectivity index (χ0v) is 13.4. The number of aliphatic hydroxyl groups is 1. The molecule has 1 rings (SSSR count). The van der Waals surface area contributed by atoms with E-state index in [1.807, 2.05) is 25.1 Å². The van der Waals surface area contributed by atoms with Gasteiger partial charge >= 0.3 is 0 Å². The molecule has 0 saturated heterocycles. The first kappa shape index (κ1) is 17.3. The third-order valence-corrected chi connectivity index (χ3v) is 3.51. The summed E-state index contributed by atoms with van der Waals surface area (Å²) in [5.41, 5.74) is 2.42. The quantitative estimate of drug-likeness (QED) is 0.818. The third kappa shape index (κ3) is 5.24. The van der Waals surface area contributed by atoms with E-state index in [-0.39, 0.29) is 18.6 Å². The number of aliphatic hydroxyl groups excluding tert-OH is 1. The molecular weight excluding hydrogens is 262 g/mol. The van der Waals surface area contributed by atoms with Crippen LogP contribution in [0.5, 0.6) is 0 Å². The second kappa shape index (κ2) is 8.49. The van der Waals surface area contributed by atoms with Crippen molar-refractivity contribution in [2.75, 3.05) is 6.61 Å². The van der Waals surface area contributed by atoms with Crippen LogP contribution in [-0.4, -0.2) is 23.7 Å². The molecule has 2 N–H and O–H groups in total. The van der Waals surface area contributed by atoms with Gasteiger partial charge in [0.2, 0.25) is 0 Å². The van der Waals surface area contributed by atoms with Crippen molar-refractivity contribution in [3.05, 3.63) is 34.9 Å². The highest BCUT2D eigenvalue weighted by molar-refractivity contribution is 5.96. The molecule has 0 bridgehead atoms. The lowest BCUT2D eigenvalue weighted by Gasteiger charge is -2.21. The van der Waals surface area contributed by atoms with E-state index in [0.29, 0.717) is 17.9 Å². The Hall–Kier alpha value is -1.79. The Balaban J connectivity index is 2.93. The van der Waals surface area contributed by atoms with Crippen LogP contribution < -0.4 is 5.32 Å². The van der Waals surface area contributed by atoms with Crippen LogP contribution in [0.15, 0.2) is 18.2 Å². The van der Waals surface area contributed by atoms with Crippen LogP contribution in [0.4, 0.5) is 0 Å². The van der Waals surface area contributed by atoms with Crippen molar-refractivity contribution in [3.8, 4) is 11.8 Å². The lowest BCUT2D eigenvalue weighted by Crippen LogP contribution is -2.38. The second-order valence-electron chi connectivity index (χ2n) is 5.54. The maximum absolute atomic E-state index is 12.4. The molecule has 1 amide bonds. The molecule has 21 heavy (non-hydrogen) atoms. The van der Waals surface area contributed by atoms with Gasteiger partial charge in [0.25, 0.3) is 5.91 Å². The van der Waals surface area contributed by atoms with Gasteiger partial charge in [-0.15, -0.1) is 0 Å². The molecule has 114 valence electrons. The summed E-state index contributed by atoms with van der Waals surface area (Å²) in [6, 6.07) is 5.81. The molecule has 3 heteroatoms. The van der Waals surface area contributed by atoms with E-state index in [2.05, 4.69) is 37.9 Å². The van der Waals surface area contributed by atoms with Gasteiger partial charge in [0.05, 0.1) is 6.61 Å². The molecule has 0 aromatic heterocycles. The summed E-state index contributed by atoms with van der Waals surface area (Å²) in [7, 11) is 0. The Morgan fingerprint density at radius 1 is 1.38 bits per heavy atom. The van der Waals surface area contributed by atoms with Crippen LogP contribution >= 0.6 is 0 Å². The predicted molar refractivity (Wildman–Crippen MR) is 86.1 cm³/mol. The van der Waals surface area contributed by atoms with Crippen molar-refractivity contribution in [1.82, 2.24) is 5.32 Å². The zero-order valence-electron chi connectivity index (χ0n) is 13.4. The molecule has 1 atom stereocenters. The molecule has 1 aromatic rings. The highest BCUT2D eigenvalue weighted by Crippen LogP contribution is 2.13. The largest absolute Gasteiger partial charge is 0.395 e. The fourth-order valence-electron chi connectivity index (χ4n) is 2.15. The van der Waals surface area contributed by atoms with E-state index in [0.717, 1.165) is 17.5 Å². The molecule has 0 aliphatic rings. The number of aryl methyl sites for hydroxylation is 1. The Kier molecular flexibility index (Phi) is 6.98. The average Bonchev–Trinajstić information content (AvgIpc) is 2.46. The van der Waals surface area contributed by atoms with E-state index in [4.69, 9.17) is 5.11 Å². The van der Waals surface area contributed by atoms with Gasteiger partial charge in [0.1, 0.15) is 0 Å². The first-order valence-electron chi connectivity index (χ1n) is 7.50. The minimum atomic E-state index is -0.0427. The summed E-state index contributed by atoms with van der Waals surface area (Å²) in [5.74, 6) is 6.21. The van der Waals surface area contributed by atoms with Crippen LogP contribution in [0.2, 0.25) is 0 Å². The van der Waals surface area contributed by atoms with Crippen molar-refractivity contribution >= 4 is 5.91 Å². The molecule has 0 fully saturated rings. The predicted octanol–water partition coefficient (Wildman–Crippen LogP) is 2.89. The van der Waals surface area contributed by atoms with Crippen molar-refractivity contribution in [1.29, 1.82) is 0 Å². The topological polar surface area (TPSA) is 49.3 Å². The second-order valence-corrected chi connectivity index (χ2v) is 5.54. The van der Waals surface area contributed by atoms with Gasteiger partial charge in [-0.2, -0.15) is 0 Å². The fraction of sp³-hybridized carbons (Fsp3) is 0.500. The van der Waals surface area contributed by atoms with Crippen molar-refractivity contribution < 1.29 is 9.90 Å². The Bertz CT molecular complexity index is 538. The number of nitrogens with one attached hydrogen (secondary N) is 1. The molecule has 0 aliphatic heterocycles. The Morgan fingerprint density at radius 3 is 2.67 bits per heavy atom. The fourth-order valence-corrected chi connectivity index (χ4v) is 2.15. The highest BCUT2D eigenvalue weighted by Gasteiger charge is 2.16. The van der Waals surface area contributed by atoms with Crippen LogP contribution in [0.25, 0.3) is 0 Å². The van der Waals surface area contributed by atoms with Crippen molar-refractivity contribution in [3.63, 3.8) is 0 Å². The summed E-state index contributed by atoms with van der Waals surface area (Å²) in [4.78, 5) is 12.4. The summed E-state index contributed by atoms with van der Waals surface area (Å²) in [5, 5.41) is 11.8. The average molecular weight is 287 g/mol. The molecule has 0 aliphatic carbocycles. The SMILES string of the molecule is CCC(NC(=O)c1cc(C#CCCO)ccc1C)C(C)C. The maximum Gasteiger partial charge on any atom is 0.251 e. The number of amides is 1. The summed E-state index contributed by atoms with van der Waals surface area (Å²) < 4.78 is 0. The normalized spacial score (nSPS) is 11.7. The standard InChI is InChI=1S/C18H25NO2/c1-5-17(13(2)3)19-18(21)16-12-15(8-6-7-11-20)10-9-14(16)4/h9-10,12-13,17,20H,5,7,11H2,1-4H3,(H,19,21). The number of hydrogen-bond acceptors (Lipinski definition) is 2.